The molecule has 2 heteroatoms. The van der Waals surface area contributed by atoms with Gasteiger partial charge in [-0.3, -0.25) is 0 Å². The number of rotatable bonds is 7. The zero-order valence-electron chi connectivity index (χ0n) is 12.2. The van der Waals surface area contributed by atoms with Crippen molar-refractivity contribution in [1.82, 2.24) is 4.90 Å². The van der Waals surface area contributed by atoms with Crippen LogP contribution >= 0.6 is 0 Å². The molecule has 0 amide bonds. The number of aryl methyl sites for hydroxylation is 2. The first-order valence-electron chi connectivity index (χ1n) is 7.06. The summed E-state index contributed by atoms with van der Waals surface area (Å²) in [6.45, 7) is 11.4. The second-order valence-electron chi connectivity index (χ2n) is 5.18. The second-order valence-corrected chi connectivity index (χ2v) is 5.18. The van der Waals surface area contributed by atoms with Crippen LogP contribution in [0.2, 0.25) is 0 Å². The summed E-state index contributed by atoms with van der Waals surface area (Å²) in [7, 11) is 0. The van der Waals surface area contributed by atoms with E-state index in [2.05, 4.69) is 50.8 Å². The highest BCUT2D eigenvalue weighted by Gasteiger charge is 2.14. The molecule has 0 saturated carbocycles. The van der Waals surface area contributed by atoms with Crippen LogP contribution in [-0.4, -0.2) is 29.6 Å². The van der Waals surface area contributed by atoms with Gasteiger partial charge in [-0.05, 0) is 50.9 Å². The molecule has 0 radical (unpaired) electrons. The quantitative estimate of drug-likeness (QED) is 0.800. The smallest absolute Gasteiger partial charge is 0.0919 e. The minimum absolute atomic E-state index is 0.372. The third-order valence-corrected chi connectivity index (χ3v) is 3.30. The molecule has 0 fully saturated rings. The van der Waals surface area contributed by atoms with E-state index in [1.54, 1.807) is 0 Å². The molecule has 0 aliphatic heterocycles. The molecule has 0 bridgehead atoms. The molecule has 1 N–H and O–H groups in total. The van der Waals surface area contributed by atoms with Gasteiger partial charge in [0, 0.05) is 6.54 Å². The van der Waals surface area contributed by atoms with Gasteiger partial charge < -0.3 is 10.0 Å². The molecular formula is C16H27NO. The minimum Gasteiger partial charge on any atom is -0.387 e. The minimum atomic E-state index is -0.372. The molecule has 2 nitrogen and oxygen atoms in total. The van der Waals surface area contributed by atoms with E-state index >= 15 is 0 Å². The summed E-state index contributed by atoms with van der Waals surface area (Å²) in [5.74, 6) is 0. The van der Waals surface area contributed by atoms with Crippen molar-refractivity contribution in [2.45, 2.75) is 46.6 Å². The van der Waals surface area contributed by atoms with Crippen LogP contribution in [0, 0.1) is 13.8 Å². The maximum absolute atomic E-state index is 10.4. The zero-order valence-corrected chi connectivity index (χ0v) is 12.2. The first kappa shape index (κ1) is 15.2. The number of aliphatic hydroxyl groups is 1. The largest absolute Gasteiger partial charge is 0.387 e. The third kappa shape index (κ3) is 4.43. The average molecular weight is 249 g/mol. The SMILES string of the molecule is CCCN(CCC)CC(O)c1cc(C)ccc1C. The summed E-state index contributed by atoms with van der Waals surface area (Å²) in [5, 5.41) is 10.4. The monoisotopic (exact) mass is 249 g/mol. The highest BCUT2D eigenvalue weighted by molar-refractivity contribution is 5.32. The summed E-state index contributed by atoms with van der Waals surface area (Å²) in [6, 6.07) is 6.30. The maximum Gasteiger partial charge on any atom is 0.0919 e. The van der Waals surface area contributed by atoms with Gasteiger partial charge in [0.1, 0.15) is 0 Å². The van der Waals surface area contributed by atoms with Crippen molar-refractivity contribution < 1.29 is 5.11 Å². The van der Waals surface area contributed by atoms with Gasteiger partial charge in [0.25, 0.3) is 0 Å². The van der Waals surface area contributed by atoms with Crippen LogP contribution in [-0.2, 0) is 0 Å². The molecule has 0 aromatic heterocycles. The van der Waals surface area contributed by atoms with Crippen LogP contribution in [0.25, 0.3) is 0 Å². The van der Waals surface area contributed by atoms with E-state index in [9.17, 15) is 5.11 Å². The fraction of sp³-hybridized carbons (Fsp3) is 0.625. The van der Waals surface area contributed by atoms with Gasteiger partial charge in [-0.2, -0.15) is 0 Å². The molecule has 1 rings (SSSR count). The van der Waals surface area contributed by atoms with Crippen LogP contribution in [0.4, 0.5) is 0 Å². The topological polar surface area (TPSA) is 23.5 Å². The van der Waals surface area contributed by atoms with Crippen molar-refractivity contribution in [2.75, 3.05) is 19.6 Å². The molecule has 0 saturated heterocycles. The lowest BCUT2D eigenvalue weighted by molar-refractivity contribution is 0.112. The highest BCUT2D eigenvalue weighted by Crippen LogP contribution is 2.20. The Kier molecular flexibility index (Phi) is 6.37. The van der Waals surface area contributed by atoms with Gasteiger partial charge >= 0.3 is 0 Å². The molecule has 0 aliphatic rings. The van der Waals surface area contributed by atoms with Crippen LogP contribution in [0.3, 0.4) is 0 Å². The number of hydrogen-bond acceptors (Lipinski definition) is 2. The van der Waals surface area contributed by atoms with Crippen molar-refractivity contribution in [1.29, 1.82) is 0 Å². The van der Waals surface area contributed by atoms with E-state index in [1.807, 2.05) is 0 Å². The van der Waals surface area contributed by atoms with Gasteiger partial charge in [0.05, 0.1) is 6.10 Å². The standard InChI is InChI=1S/C16H27NO/c1-5-9-17(10-6-2)12-16(18)15-11-13(3)7-8-14(15)4/h7-8,11,16,18H,5-6,9-10,12H2,1-4H3. The number of aliphatic hydroxyl groups excluding tert-OH is 1. The lowest BCUT2D eigenvalue weighted by atomic mass is 10.0. The molecule has 1 aromatic rings. The van der Waals surface area contributed by atoms with Crippen molar-refractivity contribution in [2.24, 2.45) is 0 Å². The zero-order chi connectivity index (χ0) is 13.5. The predicted octanol–water partition coefficient (Wildman–Crippen LogP) is 3.46. The molecule has 1 aromatic carbocycles. The molecule has 1 unspecified atom stereocenters. The van der Waals surface area contributed by atoms with Gasteiger partial charge in [0.2, 0.25) is 0 Å². The van der Waals surface area contributed by atoms with Gasteiger partial charge in [-0.25, -0.2) is 0 Å². The lowest BCUT2D eigenvalue weighted by Gasteiger charge is -2.25. The van der Waals surface area contributed by atoms with E-state index in [0.717, 1.165) is 38.0 Å². The Morgan fingerprint density at radius 3 is 2.28 bits per heavy atom. The molecule has 0 spiro atoms. The normalized spacial score (nSPS) is 13.0. The highest BCUT2D eigenvalue weighted by atomic mass is 16.3. The number of hydrogen-bond donors (Lipinski definition) is 1. The van der Waals surface area contributed by atoms with Crippen molar-refractivity contribution in [3.8, 4) is 0 Å². The van der Waals surface area contributed by atoms with E-state index < -0.39 is 0 Å². The Morgan fingerprint density at radius 1 is 1.11 bits per heavy atom. The number of benzene rings is 1. The van der Waals surface area contributed by atoms with Crippen molar-refractivity contribution in [3.63, 3.8) is 0 Å². The Bertz CT molecular complexity index is 356. The van der Waals surface area contributed by atoms with Gasteiger partial charge in [-0.15, -0.1) is 0 Å². The summed E-state index contributed by atoms with van der Waals surface area (Å²) in [4.78, 5) is 2.35. The summed E-state index contributed by atoms with van der Waals surface area (Å²) >= 11 is 0. The van der Waals surface area contributed by atoms with Crippen LogP contribution in [0.15, 0.2) is 18.2 Å². The Hall–Kier alpha value is -0.860. The molecule has 102 valence electrons. The molecule has 18 heavy (non-hydrogen) atoms. The maximum atomic E-state index is 10.4. The van der Waals surface area contributed by atoms with Crippen molar-refractivity contribution >= 4 is 0 Å². The van der Waals surface area contributed by atoms with E-state index in [-0.39, 0.29) is 6.10 Å². The molecule has 1 atom stereocenters. The van der Waals surface area contributed by atoms with Crippen LogP contribution in [0.1, 0.15) is 49.5 Å². The molecule has 0 aliphatic carbocycles. The van der Waals surface area contributed by atoms with Gasteiger partial charge in [0.15, 0.2) is 0 Å². The molecule has 0 heterocycles. The van der Waals surface area contributed by atoms with E-state index in [4.69, 9.17) is 0 Å². The fourth-order valence-electron chi connectivity index (χ4n) is 2.39. The van der Waals surface area contributed by atoms with Crippen LogP contribution < -0.4 is 0 Å². The fourth-order valence-corrected chi connectivity index (χ4v) is 2.39. The third-order valence-electron chi connectivity index (χ3n) is 3.30. The first-order valence-corrected chi connectivity index (χ1v) is 7.06. The Morgan fingerprint density at radius 2 is 1.72 bits per heavy atom. The Balaban J connectivity index is 2.73. The summed E-state index contributed by atoms with van der Waals surface area (Å²) in [5.41, 5.74) is 3.47. The molecular weight excluding hydrogens is 222 g/mol. The van der Waals surface area contributed by atoms with Crippen LogP contribution in [0.5, 0.6) is 0 Å². The van der Waals surface area contributed by atoms with Crippen molar-refractivity contribution in [3.05, 3.63) is 34.9 Å². The van der Waals surface area contributed by atoms with Gasteiger partial charge in [-0.1, -0.05) is 37.6 Å². The summed E-state index contributed by atoms with van der Waals surface area (Å²) in [6.07, 6.45) is 1.90. The van der Waals surface area contributed by atoms with E-state index in [1.165, 1.54) is 11.1 Å². The first-order chi connectivity index (χ1) is 8.58. The predicted molar refractivity (Wildman–Crippen MR) is 77.9 cm³/mol. The van der Waals surface area contributed by atoms with E-state index in [0.29, 0.717) is 0 Å². The second kappa shape index (κ2) is 7.55. The summed E-state index contributed by atoms with van der Waals surface area (Å²) < 4.78 is 0. The lowest BCUT2D eigenvalue weighted by Crippen LogP contribution is -2.30. The average Bonchev–Trinajstić information content (AvgIpc) is 2.33. The number of nitrogens with zero attached hydrogens (tertiary/aromatic N) is 1. The Labute approximate surface area is 112 Å².